The van der Waals surface area contributed by atoms with Crippen LogP contribution in [-0.4, -0.2) is 26.0 Å². The van der Waals surface area contributed by atoms with Crippen LogP contribution in [0.15, 0.2) is 42.5 Å². The highest BCUT2D eigenvalue weighted by molar-refractivity contribution is 6.34. The third kappa shape index (κ3) is 4.74. The zero-order chi connectivity index (χ0) is 18.4. The van der Waals surface area contributed by atoms with Crippen molar-refractivity contribution in [2.45, 2.75) is 0 Å². The molecule has 2 amide bonds. The molecule has 0 bridgehead atoms. The van der Waals surface area contributed by atoms with Crippen molar-refractivity contribution in [3.8, 4) is 11.5 Å². The van der Waals surface area contributed by atoms with Crippen LogP contribution in [0, 0.1) is 0 Å². The molecular formula is C18H17ClN2O4. The van der Waals surface area contributed by atoms with Crippen molar-refractivity contribution in [3.63, 3.8) is 0 Å². The Kier molecular flexibility index (Phi) is 6.03. The third-order valence-corrected chi connectivity index (χ3v) is 3.68. The number of ether oxygens (including phenoxy) is 2. The average Bonchev–Trinajstić information content (AvgIpc) is 2.61. The van der Waals surface area contributed by atoms with Crippen molar-refractivity contribution in [1.82, 2.24) is 0 Å². The Hall–Kier alpha value is -2.99. The smallest absolute Gasteiger partial charge is 0.250 e. The molecule has 0 spiro atoms. The van der Waals surface area contributed by atoms with Gasteiger partial charge in [-0.1, -0.05) is 11.6 Å². The van der Waals surface area contributed by atoms with E-state index in [0.717, 1.165) is 0 Å². The summed E-state index contributed by atoms with van der Waals surface area (Å²) >= 11 is 5.88. The van der Waals surface area contributed by atoms with Crippen molar-refractivity contribution >= 4 is 35.2 Å². The van der Waals surface area contributed by atoms with E-state index in [-0.39, 0.29) is 16.5 Å². The molecule has 0 aliphatic rings. The quantitative estimate of drug-likeness (QED) is 0.774. The second-order valence-corrected chi connectivity index (χ2v) is 5.40. The lowest BCUT2D eigenvalue weighted by Gasteiger charge is -2.08. The first kappa shape index (κ1) is 18.4. The highest BCUT2D eigenvalue weighted by Gasteiger charge is 2.09. The third-order valence-electron chi connectivity index (χ3n) is 3.35. The van der Waals surface area contributed by atoms with E-state index in [0.29, 0.717) is 22.7 Å². The minimum atomic E-state index is -0.667. The molecule has 0 fully saturated rings. The monoisotopic (exact) mass is 360 g/mol. The Morgan fingerprint density at radius 3 is 2.52 bits per heavy atom. The molecule has 7 heteroatoms. The van der Waals surface area contributed by atoms with Crippen LogP contribution < -0.4 is 20.5 Å². The molecule has 2 aromatic rings. The molecule has 0 aliphatic heterocycles. The van der Waals surface area contributed by atoms with E-state index >= 15 is 0 Å². The van der Waals surface area contributed by atoms with Crippen molar-refractivity contribution in [3.05, 3.63) is 58.6 Å². The summed E-state index contributed by atoms with van der Waals surface area (Å²) in [5, 5.41) is 2.86. The number of halogens is 1. The molecule has 2 rings (SSSR count). The van der Waals surface area contributed by atoms with E-state index in [1.54, 1.807) is 37.5 Å². The maximum atomic E-state index is 12.1. The molecule has 0 saturated heterocycles. The summed E-state index contributed by atoms with van der Waals surface area (Å²) < 4.78 is 10.4. The topological polar surface area (TPSA) is 90.6 Å². The summed E-state index contributed by atoms with van der Waals surface area (Å²) in [7, 11) is 3.09. The zero-order valence-corrected chi connectivity index (χ0v) is 14.5. The highest BCUT2D eigenvalue weighted by Crippen LogP contribution is 2.25. The van der Waals surface area contributed by atoms with Gasteiger partial charge in [0.25, 0.3) is 0 Å². The lowest BCUT2D eigenvalue weighted by atomic mass is 10.1. The lowest BCUT2D eigenvalue weighted by molar-refractivity contribution is -0.111. The standard InChI is InChI=1S/C18H17ClN2O4/c1-24-13-6-3-11(16(10-13)25-2)4-8-17(22)21-12-5-7-15(19)14(9-12)18(20)23/h3-10H,1-2H3,(H2,20,23)(H,21,22)/b8-4+. The van der Waals surface area contributed by atoms with Crippen LogP contribution in [-0.2, 0) is 4.79 Å². The Balaban J connectivity index is 2.14. The number of anilines is 1. The summed E-state index contributed by atoms with van der Waals surface area (Å²) in [5.41, 5.74) is 6.50. The van der Waals surface area contributed by atoms with Gasteiger partial charge in [-0.3, -0.25) is 9.59 Å². The molecule has 0 radical (unpaired) electrons. The number of amides is 2. The maximum Gasteiger partial charge on any atom is 0.250 e. The fraction of sp³-hybridized carbons (Fsp3) is 0.111. The van der Waals surface area contributed by atoms with Gasteiger partial charge in [-0.25, -0.2) is 0 Å². The number of methoxy groups -OCH3 is 2. The molecule has 130 valence electrons. The van der Waals surface area contributed by atoms with Gasteiger partial charge in [-0.15, -0.1) is 0 Å². The summed E-state index contributed by atoms with van der Waals surface area (Å²) in [6.45, 7) is 0. The Morgan fingerprint density at radius 1 is 1.12 bits per heavy atom. The van der Waals surface area contributed by atoms with Gasteiger partial charge in [0, 0.05) is 23.4 Å². The first-order valence-corrected chi connectivity index (χ1v) is 7.63. The molecule has 0 unspecified atom stereocenters. The minimum absolute atomic E-state index is 0.139. The molecule has 3 N–H and O–H groups in total. The normalized spacial score (nSPS) is 10.5. The Morgan fingerprint density at radius 2 is 1.88 bits per heavy atom. The number of nitrogens with two attached hydrogens (primary N) is 1. The van der Waals surface area contributed by atoms with Crippen molar-refractivity contribution in [1.29, 1.82) is 0 Å². The zero-order valence-electron chi connectivity index (χ0n) is 13.7. The molecule has 25 heavy (non-hydrogen) atoms. The van der Waals surface area contributed by atoms with Crippen LogP contribution in [0.3, 0.4) is 0 Å². The fourth-order valence-electron chi connectivity index (χ4n) is 2.10. The van der Waals surface area contributed by atoms with E-state index in [1.807, 2.05) is 0 Å². The SMILES string of the molecule is COc1ccc(/C=C/C(=O)Nc2ccc(Cl)c(C(N)=O)c2)c(OC)c1. The second-order valence-electron chi connectivity index (χ2n) is 4.99. The van der Waals surface area contributed by atoms with Crippen LogP contribution >= 0.6 is 11.6 Å². The van der Waals surface area contributed by atoms with Gasteiger partial charge >= 0.3 is 0 Å². The van der Waals surface area contributed by atoms with Gasteiger partial charge in [0.05, 0.1) is 24.8 Å². The minimum Gasteiger partial charge on any atom is -0.497 e. The van der Waals surface area contributed by atoms with Gasteiger partial charge in [-0.2, -0.15) is 0 Å². The maximum absolute atomic E-state index is 12.1. The molecular weight excluding hydrogens is 344 g/mol. The molecule has 0 aromatic heterocycles. The Bertz CT molecular complexity index is 834. The van der Waals surface area contributed by atoms with E-state index < -0.39 is 5.91 Å². The van der Waals surface area contributed by atoms with E-state index in [9.17, 15) is 9.59 Å². The number of benzene rings is 2. The van der Waals surface area contributed by atoms with Crippen molar-refractivity contribution in [2.75, 3.05) is 19.5 Å². The summed E-state index contributed by atoms with van der Waals surface area (Å²) in [4.78, 5) is 23.3. The molecule has 6 nitrogen and oxygen atoms in total. The van der Waals surface area contributed by atoms with Crippen molar-refractivity contribution < 1.29 is 19.1 Å². The number of carbonyl (C=O) groups is 2. The number of rotatable bonds is 6. The summed E-state index contributed by atoms with van der Waals surface area (Å²) in [5.74, 6) is 0.180. The molecule has 2 aromatic carbocycles. The van der Waals surface area contributed by atoms with Crippen molar-refractivity contribution in [2.24, 2.45) is 5.73 Å². The van der Waals surface area contributed by atoms with Crippen LogP contribution in [0.5, 0.6) is 11.5 Å². The second kappa shape index (κ2) is 8.21. The largest absolute Gasteiger partial charge is 0.497 e. The molecule has 0 heterocycles. The number of primary amides is 1. The summed E-state index contributed by atoms with van der Waals surface area (Å²) in [6, 6.07) is 9.75. The van der Waals surface area contributed by atoms with E-state index in [2.05, 4.69) is 5.32 Å². The molecule has 0 saturated carbocycles. The number of hydrogen-bond acceptors (Lipinski definition) is 4. The van der Waals surface area contributed by atoms with Gasteiger partial charge < -0.3 is 20.5 Å². The first-order valence-electron chi connectivity index (χ1n) is 7.25. The van der Waals surface area contributed by atoms with Gasteiger partial charge in [0.15, 0.2) is 0 Å². The average molecular weight is 361 g/mol. The van der Waals surface area contributed by atoms with Gasteiger partial charge in [-0.05, 0) is 36.4 Å². The van der Waals surface area contributed by atoms with Crippen LogP contribution in [0.25, 0.3) is 6.08 Å². The predicted molar refractivity (Wildman–Crippen MR) is 97.2 cm³/mol. The van der Waals surface area contributed by atoms with E-state index in [1.165, 1.54) is 25.3 Å². The lowest BCUT2D eigenvalue weighted by Crippen LogP contribution is -2.13. The number of hydrogen-bond donors (Lipinski definition) is 2. The van der Waals surface area contributed by atoms with E-state index in [4.69, 9.17) is 26.8 Å². The van der Waals surface area contributed by atoms with Crippen LogP contribution in [0.4, 0.5) is 5.69 Å². The molecule has 0 aliphatic carbocycles. The summed E-state index contributed by atoms with van der Waals surface area (Å²) in [6.07, 6.45) is 2.96. The molecule has 0 atom stereocenters. The van der Waals surface area contributed by atoms with Gasteiger partial charge in [0.1, 0.15) is 11.5 Å². The van der Waals surface area contributed by atoms with Gasteiger partial charge in [0.2, 0.25) is 11.8 Å². The number of carbonyl (C=O) groups excluding carboxylic acids is 2. The highest BCUT2D eigenvalue weighted by atomic mass is 35.5. The van der Waals surface area contributed by atoms with Crippen LogP contribution in [0.1, 0.15) is 15.9 Å². The Labute approximate surface area is 150 Å². The fourth-order valence-corrected chi connectivity index (χ4v) is 2.31. The predicted octanol–water partition coefficient (Wildman–Crippen LogP) is 3.11. The van der Waals surface area contributed by atoms with Crippen LogP contribution in [0.2, 0.25) is 5.02 Å². The number of nitrogens with one attached hydrogen (secondary N) is 1. The first-order chi connectivity index (χ1) is 11.9.